The molecule has 0 amide bonds. The largest absolute Gasteiger partial charge is 0.469 e. The van der Waals surface area contributed by atoms with Gasteiger partial charge in [-0.1, -0.05) is 39.0 Å². The first-order valence-corrected chi connectivity index (χ1v) is 15.6. The highest BCUT2D eigenvalue weighted by Crippen LogP contribution is 2.69. The zero-order valence-electron chi connectivity index (χ0n) is 25.4. The fourth-order valence-electron chi connectivity index (χ4n) is 9.84. The van der Waals surface area contributed by atoms with E-state index in [1.807, 2.05) is 30.3 Å². The second-order valence-electron chi connectivity index (χ2n) is 13.7. The number of fused-ring (bicyclic) bond motifs is 5. The van der Waals surface area contributed by atoms with E-state index in [2.05, 4.69) is 20.8 Å². The van der Waals surface area contributed by atoms with Gasteiger partial charge in [-0.15, -0.1) is 0 Å². The Morgan fingerprint density at radius 2 is 1.80 bits per heavy atom. The molecule has 1 aromatic carbocycles. The number of hydrogen-bond acceptors (Lipinski definition) is 7. The predicted molar refractivity (Wildman–Crippen MR) is 154 cm³/mol. The van der Waals surface area contributed by atoms with Gasteiger partial charge in [0.05, 0.1) is 18.8 Å². The van der Waals surface area contributed by atoms with Crippen LogP contribution >= 0.6 is 0 Å². The summed E-state index contributed by atoms with van der Waals surface area (Å²) in [5.41, 5.74) is 0.414. The molecule has 0 aromatic heterocycles. The molecule has 5 rings (SSSR count). The van der Waals surface area contributed by atoms with E-state index in [0.29, 0.717) is 48.4 Å². The van der Waals surface area contributed by atoms with Crippen molar-refractivity contribution in [3.8, 4) is 0 Å². The van der Waals surface area contributed by atoms with Crippen LogP contribution < -0.4 is 0 Å². The number of methoxy groups -OCH3 is 2. The van der Waals surface area contributed by atoms with E-state index in [4.69, 9.17) is 18.9 Å². The summed E-state index contributed by atoms with van der Waals surface area (Å²) in [5, 5.41) is 0. The molecule has 0 N–H and O–H groups in total. The summed E-state index contributed by atoms with van der Waals surface area (Å²) in [5.74, 6) is 1.54. The maximum atomic E-state index is 13.4. The maximum Gasteiger partial charge on any atom is 0.338 e. The van der Waals surface area contributed by atoms with Crippen molar-refractivity contribution in [2.75, 3.05) is 21.0 Å². The summed E-state index contributed by atoms with van der Waals surface area (Å²) in [6.07, 6.45) is 6.71. The molecule has 226 valence electrons. The Morgan fingerprint density at radius 1 is 1.05 bits per heavy atom. The second-order valence-corrected chi connectivity index (χ2v) is 13.7. The lowest BCUT2D eigenvalue weighted by Crippen LogP contribution is -2.63. The Morgan fingerprint density at radius 3 is 2.51 bits per heavy atom. The molecule has 0 aliphatic heterocycles. The topological polar surface area (TPSA) is 88.1 Å². The normalized spacial score (nSPS) is 38.8. The minimum Gasteiger partial charge on any atom is -0.469 e. The highest BCUT2D eigenvalue weighted by molar-refractivity contribution is 5.89. The molecule has 4 aliphatic rings. The Balaban J connectivity index is 1.51. The van der Waals surface area contributed by atoms with E-state index >= 15 is 0 Å². The molecule has 4 aliphatic carbocycles. The van der Waals surface area contributed by atoms with Gasteiger partial charge in [0, 0.05) is 37.7 Å². The third kappa shape index (κ3) is 5.49. The van der Waals surface area contributed by atoms with E-state index in [-0.39, 0.29) is 59.5 Å². The zero-order valence-corrected chi connectivity index (χ0v) is 25.4. The SMILES string of the molecule is COCO[C@H]1C[C@H]2[C@@H]([C@H](OC(=O)c3ccccc3)C[C@@H]3CC(=O)CC[C@@]32C)[C@@H]2CC[C@H](C(C)CCC(=O)OC)[C@@]12C. The first-order valence-electron chi connectivity index (χ1n) is 15.6. The Bertz CT molecular complexity index is 1100. The van der Waals surface area contributed by atoms with Crippen LogP contribution in [0.2, 0.25) is 0 Å². The number of carbonyl (C=O) groups is 3. The van der Waals surface area contributed by atoms with Gasteiger partial charge in [-0.25, -0.2) is 4.79 Å². The van der Waals surface area contributed by atoms with Crippen molar-refractivity contribution in [1.29, 1.82) is 0 Å². The predicted octanol–water partition coefficient (Wildman–Crippen LogP) is 6.24. The molecule has 0 bridgehead atoms. The minimum atomic E-state index is -0.277. The van der Waals surface area contributed by atoms with Crippen LogP contribution in [0.1, 0.15) is 88.9 Å². The number of esters is 2. The first kappa shape index (κ1) is 30.2. The van der Waals surface area contributed by atoms with Crippen LogP contribution in [-0.2, 0) is 28.5 Å². The van der Waals surface area contributed by atoms with Crippen LogP contribution in [0.3, 0.4) is 0 Å². The maximum absolute atomic E-state index is 13.4. The van der Waals surface area contributed by atoms with Gasteiger partial charge in [0.25, 0.3) is 0 Å². The fourth-order valence-corrected chi connectivity index (χ4v) is 9.84. The minimum absolute atomic E-state index is 0.00116. The Kier molecular flexibility index (Phi) is 8.96. The number of hydrogen-bond donors (Lipinski definition) is 0. The average molecular weight is 569 g/mol. The molecule has 4 saturated carbocycles. The van der Waals surface area contributed by atoms with Crippen molar-refractivity contribution in [2.24, 2.45) is 46.3 Å². The van der Waals surface area contributed by atoms with E-state index in [9.17, 15) is 14.4 Å². The second kappa shape index (κ2) is 12.2. The highest BCUT2D eigenvalue weighted by Gasteiger charge is 2.67. The van der Waals surface area contributed by atoms with Crippen molar-refractivity contribution in [3.63, 3.8) is 0 Å². The highest BCUT2D eigenvalue weighted by atomic mass is 16.7. The van der Waals surface area contributed by atoms with Crippen LogP contribution in [0.25, 0.3) is 0 Å². The lowest BCUT2D eigenvalue weighted by Gasteiger charge is -2.63. The molecule has 0 radical (unpaired) electrons. The molecular weight excluding hydrogens is 520 g/mol. The van der Waals surface area contributed by atoms with Gasteiger partial charge >= 0.3 is 11.9 Å². The fraction of sp³-hybridized carbons (Fsp3) is 0.735. The van der Waals surface area contributed by atoms with Gasteiger partial charge in [0.1, 0.15) is 18.7 Å². The van der Waals surface area contributed by atoms with Crippen molar-refractivity contribution in [1.82, 2.24) is 0 Å². The first-order chi connectivity index (χ1) is 19.6. The molecule has 7 heteroatoms. The monoisotopic (exact) mass is 568 g/mol. The third-order valence-electron chi connectivity index (χ3n) is 12.0. The van der Waals surface area contributed by atoms with Gasteiger partial charge in [0.15, 0.2) is 0 Å². The van der Waals surface area contributed by atoms with Crippen LogP contribution in [0.5, 0.6) is 0 Å². The number of Topliss-reactive ketones (excluding diaryl/α,β-unsaturated/α-hetero) is 1. The van der Waals surface area contributed by atoms with E-state index in [1.54, 1.807) is 7.11 Å². The summed E-state index contributed by atoms with van der Waals surface area (Å²) in [6.45, 7) is 7.27. The van der Waals surface area contributed by atoms with E-state index in [1.165, 1.54) is 7.11 Å². The van der Waals surface area contributed by atoms with Crippen LogP contribution in [-0.4, -0.2) is 50.9 Å². The number of carbonyl (C=O) groups excluding carboxylic acids is 3. The van der Waals surface area contributed by atoms with Crippen molar-refractivity contribution < 1.29 is 33.3 Å². The molecule has 1 unspecified atom stereocenters. The molecule has 0 saturated heterocycles. The molecule has 4 fully saturated rings. The molecule has 1 aromatic rings. The lowest BCUT2D eigenvalue weighted by molar-refractivity contribution is -0.227. The zero-order chi connectivity index (χ0) is 29.4. The van der Waals surface area contributed by atoms with Crippen LogP contribution in [0, 0.1) is 46.3 Å². The van der Waals surface area contributed by atoms with Gasteiger partial charge in [0.2, 0.25) is 0 Å². The lowest BCUT2D eigenvalue weighted by atomic mass is 9.43. The molecule has 7 nitrogen and oxygen atoms in total. The Hall–Kier alpha value is -2.25. The van der Waals surface area contributed by atoms with Crippen molar-refractivity contribution in [2.45, 2.75) is 90.8 Å². The van der Waals surface area contributed by atoms with Crippen molar-refractivity contribution >= 4 is 17.7 Å². The molecule has 41 heavy (non-hydrogen) atoms. The summed E-state index contributed by atoms with van der Waals surface area (Å²) >= 11 is 0. The quantitative estimate of drug-likeness (QED) is 0.257. The van der Waals surface area contributed by atoms with Gasteiger partial charge in [-0.3, -0.25) is 9.59 Å². The number of rotatable bonds is 9. The average Bonchev–Trinajstić information content (AvgIpc) is 3.33. The molecular formula is C34H48O7. The summed E-state index contributed by atoms with van der Waals surface area (Å²) in [4.78, 5) is 38.1. The number of ketones is 1. The van der Waals surface area contributed by atoms with Crippen LogP contribution in [0.4, 0.5) is 0 Å². The van der Waals surface area contributed by atoms with E-state index < -0.39 is 0 Å². The molecule has 0 heterocycles. The van der Waals surface area contributed by atoms with Gasteiger partial charge in [-0.2, -0.15) is 0 Å². The number of benzene rings is 1. The van der Waals surface area contributed by atoms with Crippen molar-refractivity contribution in [3.05, 3.63) is 35.9 Å². The molecule has 10 atom stereocenters. The van der Waals surface area contributed by atoms with Gasteiger partial charge in [-0.05, 0) is 85.7 Å². The summed E-state index contributed by atoms with van der Waals surface area (Å²) in [7, 11) is 3.11. The number of ether oxygens (including phenoxy) is 4. The third-order valence-corrected chi connectivity index (χ3v) is 12.0. The Labute approximate surface area is 245 Å². The van der Waals surface area contributed by atoms with Gasteiger partial charge < -0.3 is 18.9 Å². The summed E-state index contributed by atoms with van der Waals surface area (Å²) < 4.78 is 23.4. The smallest absolute Gasteiger partial charge is 0.338 e. The summed E-state index contributed by atoms with van der Waals surface area (Å²) in [6, 6.07) is 9.25. The van der Waals surface area contributed by atoms with Crippen LogP contribution in [0.15, 0.2) is 30.3 Å². The standard InChI is InChI=1S/C34H48O7/c1-21(11-14-30(36)39-5)25-12-13-26-31-27(19-29(34(25,26)3)40-20-38-4)33(2)16-15-24(35)17-23(33)18-28(31)41-32(37)22-9-7-6-8-10-22/h6-10,21,23,25-29,31H,11-20H2,1-5H3/t21?,23-,25+,26-,27-,28+,29-,31-,33-,34+/m0/s1. The van der Waals surface area contributed by atoms with E-state index in [0.717, 1.165) is 38.5 Å². The molecule has 0 spiro atoms.